The maximum Gasteiger partial charge on any atom is 0.169 e. The summed E-state index contributed by atoms with van der Waals surface area (Å²) in [5, 5.41) is 0. The van der Waals surface area contributed by atoms with Gasteiger partial charge in [-0.1, -0.05) is 6.92 Å². The van der Waals surface area contributed by atoms with Crippen LogP contribution in [-0.2, 0) is 12.8 Å². The van der Waals surface area contributed by atoms with Crippen molar-refractivity contribution < 1.29 is 4.79 Å². The van der Waals surface area contributed by atoms with Crippen LogP contribution in [0.3, 0.4) is 0 Å². The lowest BCUT2D eigenvalue weighted by Crippen LogP contribution is -2.05. The van der Waals surface area contributed by atoms with Gasteiger partial charge in [0.05, 0.1) is 0 Å². The number of ketones is 1. The van der Waals surface area contributed by atoms with E-state index in [1.807, 2.05) is 25.1 Å². The lowest BCUT2D eigenvalue weighted by atomic mass is 10.1. The van der Waals surface area contributed by atoms with Crippen LogP contribution in [0.2, 0.25) is 0 Å². The Balaban J connectivity index is 2.14. The Bertz CT molecular complexity index is 531. The molecule has 2 heterocycles. The molecule has 0 amide bonds. The molecule has 0 aromatic carbocycles. The Kier molecular flexibility index (Phi) is 3.69. The molecule has 0 saturated heterocycles. The third-order valence-corrected chi connectivity index (χ3v) is 3.94. The summed E-state index contributed by atoms with van der Waals surface area (Å²) in [6, 6.07) is 7.81. The van der Waals surface area contributed by atoms with E-state index in [-0.39, 0.29) is 5.78 Å². The van der Waals surface area contributed by atoms with Crippen LogP contribution in [0, 0.1) is 6.92 Å². The van der Waals surface area contributed by atoms with E-state index in [0.29, 0.717) is 6.42 Å². The third-order valence-electron chi connectivity index (χ3n) is 2.71. The van der Waals surface area contributed by atoms with Crippen molar-refractivity contribution in [3.8, 4) is 0 Å². The number of carbonyl (C=O) groups excluding carboxylic acids is 1. The van der Waals surface area contributed by atoms with E-state index in [1.54, 1.807) is 17.5 Å². The molecule has 0 spiro atoms. The summed E-state index contributed by atoms with van der Waals surface area (Å²) < 4.78 is 0. The molecule has 0 bridgehead atoms. The van der Waals surface area contributed by atoms with Crippen LogP contribution in [0.15, 0.2) is 30.5 Å². The van der Waals surface area contributed by atoms with Gasteiger partial charge in [0.15, 0.2) is 5.78 Å². The molecule has 0 radical (unpaired) electrons. The smallest absolute Gasteiger partial charge is 0.169 e. The first kappa shape index (κ1) is 12.0. The Labute approximate surface area is 105 Å². The lowest BCUT2D eigenvalue weighted by molar-refractivity contribution is 0.0993. The normalized spacial score (nSPS) is 10.5. The van der Waals surface area contributed by atoms with Crippen molar-refractivity contribution >= 4 is 17.1 Å². The minimum atomic E-state index is 0.153. The Morgan fingerprint density at radius 2 is 2.06 bits per heavy atom. The maximum absolute atomic E-state index is 12.1. The standard InChI is InChI=1S/C14H15NOS/c1-3-11-6-7-12(17-11)9-14(16)13-5-4-8-15-10(13)2/h4-8H,3,9H2,1-2H3. The van der Waals surface area contributed by atoms with Crippen molar-refractivity contribution in [3.05, 3.63) is 51.5 Å². The molecule has 0 atom stereocenters. The van der Waals surface area contributed by atoms with Gasteiger partial charge in [0.1, 0.15) is 0 Å². The van der Waals surface area contributed by atoms with Crippen molar-refractivity contribution in [2.75, 3.05) is 0 Å². The molecule has 2 aromatic rings. The molecule has 3 heteroatoms. The molecule has 0 fully saturated rings. The van der Waals surface area contributed by atoms with Crippen LogP contribution in [0.25, 0.3) is 0 Å². The van der Waals surface area contributed by atoms with Gasteiger partial charge >= 0.3 is 0 Å². The SMILES string of the molecule is CCc1ccc(CC(=O)c2cccnc2C)s1. The van der Waals surface area contributed by atoms with Crippen LogP contribution in [0.4, 0.5) is 0 Å². The van der Waals surface area contributed by atoms with Gasteiger partial charge in [-0.2, -0.15) is 0 Å². The van der Waals surface area contributed by atoms with Crippen LogP contribution in [0.5, 0.6) is 0 Å². The summed E-state index contributed by atoms with van der Waals surface area (Å²) in [4.78, 5) is 18.7. The molecule has 0 unspecified atom stereocenters. The zero-order valence-corrected chi connectivity index (χ0v) is 10.9. The number of carbonyl (C=O) groups is 1. The fourth-order valence-corrected chi connectivity index (χ4v) is 2.70. The first-order chi connectivity index (χ1) is 8.20. The Morgan fingerprint density at radius 1 is 1.29 bits per heavy atom. The number of Topliss-reactive ketones (excluding diaryl/α,β-unsaturated/α-hetero) is 1. The number of rotatable bonds is 4. The van der Waals surface area contributed by atoms with Crippen LogP contribution in [0.1, 0.15) is 32.7 Å². The first-order valence-electron chi connectivity index (χ1n) is 5.73. The predicted octanol–water partition coefficient (Wildman–Crippen LogP) is 3.44. The van der Waals surface area contributed by atoms with Crippen LogP contribution in [-0.4, -0.2) is 10.8 Å². The highest BCUT2D eigenvalue weighted by molar-refractivity contribution is 7.12. The zero-order chi connectivity index (χ0) is 12.3. The van der Waals surface area contributed by atoms with E-state index in [1.165, 1.54) is 4.88 Å². The average Bonchev–Trinajstić information content (AvgIpc) is 2.77. The number of thiophene rings is 1. The molecule has 0 saturated carbocycles. The summed E-state index contributed by atoms with van der Waals surface area (Å²) >= 11 is 1.72. The number of pyridine rings is 1. The van der Waals surface area contributed by atoms with Crippen molar-refractivity contribution in [1.29, 1.82) is 0 Å². The Morgan fingerprint density at radius 3 is 2.71 bits per heavy atom. The summed E-state index contributed by atoms with van der Waals surface area (Å²) in [5.41, 5.74) is 1.55. The first-order valence-corrected chi connectivity index (χ1v) is 6.54. The highest BCUT2D eigenvalue weighted by Crippen LogP contribution is 2.19. The fourth-order valence-electron chi connectivity index (χ4n) is 1.74. The van der Waals surface area contributed by atoms with E-state index in [4.69, 9.17) is 0 Å². The molecule has 2 aromatic heterocycles. The predicted molar refractivity (Wildman–Crippen MR) is 70.7 cm³/mol. The second-order valence-corrected chi connectivity index (χ2v) is 5.21. The quantitative estimate of drug-likeness (QED) is 0.772. The molecule has 0 aliphatic heterocycles. The maximum atomic E-state index is 12.1. The zero-order valence-electron chi connectivity index (χ0n) is 10.1. The van der Waals surface area contributed by atoms with Gasteiger partial charge in [-0.15, -0.1) is 11.3 Å². The summed E-state index contributed by atoms with van der Waals surface area (Å²) in [7, 11) is 0. The highest BCUT2D eigenvalue weighted by atomic mass is 32.1. The van der Waals surface area contributed by atoms with Crippen molar-refractivity contribution in [1.82, 2.24) is 4.98 Å². The van der Waals surface area contributed by atoms with Gasteiger partial charge in [0, 0.05) is 33.6 Å². The molecule has 0 aliphatic rings. The monoisotopic (exact) mass is 245 g/mol. The molecule has 0 aliphatic carbocycles. The summed E-state index contributed by atoms with van der Waals surface area (Å²) in [6.07, 6.45) is 3.23. The second kappa shape index (κ2) is 5.23. The van der Waals surface area contributed by atoms with Crippen molar-refractivity contribution in [3.63, 3.8) is 0 Å². The molecular formula is C14H15NOS. The van der Waals surface area contributed by atoms with Gasteiger partial charge in [-0.3, -0.25) is 9.78 Å². The van der Waals surface area contributed by atoms with Crippen LogP contribution < -0.4 is 0 Å². The van der Waals surface area contributed by atoms with Gasteiger partial charge in [-0.05, 0) is 37.6 Å². The number of aryl methyl sites for hydroxylation is 2. The van der Waals surface area contributed by atoms with Gasteiger partial charge in [0.2, 0.25) is 0 Å². The molecular weight excluding hydrogens is 230 g/mol. The summed E-state index contributed by atoms with van der Waals surface area (Å²) in [5.74, 6) is 0.153. The second-order valence-electron chi connectivity index (χ2n) is 3.96. The fraction of sp³-hybridized carbons (Fsp3) is 0.286. The number of nitrogens with zero attached hydrogens (tertiary/aromatic N) is 1. The number of hydrogen-bond donors (Lipinski definition) is 0. The van der Waals surface area contributed by atoms with Crippen LogP contribution >= 0.6 is 11.3 Å². The van der Waals surface area contributed by atoms with E-state index < -0.39 is 0 Å². The number of hydrogen-bond acceptors (Lipinski definition) is 3. The largest absolute Gasteiger partial charge is 0.294 e. The van der Waals surface area contributed by atoms with Gasteiger partial charge in [-0.25, -0.2) is 0 Å². The van der Waals surface area contributed by atoms with Crippen molar-refractivity contribution in [2.45, 2.75) is 26.7 Å². The van der Waals surface area contributed by atoms with E-state index >= 15 is 0 Å². The minimum Gasteiger partial charge on any atom is -0.294 e. The molecule has 2 rings (SSSR count). The van der Waals surface area contributed by atoms with Gasteiger partial charge < -0.3 is 0 Å². The molecule has 0 N–H and O–H groups in total. The summed E-state index contributed by atoms with van der Waals surface area (Å²) in [6.45, 7) is 4.00. The topological polar surface area (TPSA) is 30.0 Å². The molecule has 17 heavy (non-hydrogen) atoms. The Hall–Kier alpha value is -1.48. The highest BCUT2D eigenvalue weighted by Gasteiger charge is 2.11. The third kappa shape index (κ3) is 2.80. The minimum absolute atomic E-state index is 0.153. The van der Waals surface area contributed by atoms with E-state index in [9.17, 15) is 4.79 Å². The van der Waals surface area contributed by atoms with E-state index in [0.717, 1.165) is 22.6 Å². The van der Waals surface area contributed by atoms with Gasteiger partial charge in [0.25, 0.3) is 0 Å². The van der Waals surface area contributed by atoms with Crippen molar-refractivity contribution in [2.24, 2.45) is 0 Å². The number of aromatic nitrogens is 1. The average molecular weight is 245 g/mol. The van der Waals surface area contributed by atoms with E-state index in [2.05, 4.69) is 18.0 Å². The molecule has 88 valence electrons. The lowest BCUT2D eigenvalue weighted by Gasteiger charge is -2.02. The molecule has 2 nitrogen and oxygen atoms in total.